The fourth-order valence-corrected chi connectivity index (χ4v) is 1.16. The Hall–Kier alpha value is -1.29. The summed E-state index contributed by atoms with van der Waals surface area (Å²) in [5, 5.41) is 11.8. The molecule has 0 atom stereocenters. The smallest absolute Gasteiger partial charge is 0.123 e. The Morgan fingerprint density at radius 2 is 2.14 bits per heavy atom. The lowest BCUT2D eigenvalue weighted by Crippen LogP contribution is -2.02. The van der Waals surface area contributed by atoms with E-state index in [0.717, 1.165) is 31.5 Å². The summed E-state index contributed by atoms with van der Waals surface area (Å²) in [5.41, 5.74) is 6.44. The molecule has 4 N–H and O–H groups in total. The van der Waals surface area contributed by atoms with Gasteiger partial charge in [0.25, 0.3) is 0 Å². The molecule has 1 heterocycles. The van der Waals surface area contributed by atoms with Crippen molar-refractivity contribution in [2.75, 3.05) is 24.2 Å². The molecule has 14 heavy (non-hydrogen) atoms. The lowest BCUT2D eigenvalue weighted by molar-refractivity contribution is 0.283. The predicted octanol–water partition coefficient (Wildman–Crippen LogP) is 1.24. The van der Waals surface area contributed by atoms with Gasteiger partial charge in [0, 0.05) is 13.2 Å². The molecule has 0 aliphatic rings. The zero-order valence-corrected chi connectivity index (χ0v) is 8.24. The van der Waals surface area contributed by atoms with E-state index >= 15 is 0 Å². The van der Waals surface area contributed by atoms with Crippen LogP contribution in [0.1, 0.15) is 19.3 Å². The second kappa shape index (κ2) is 6.21. The molecule has 0 bridgehead atoms. The molecular weight excluding hydrogens is 178 g/mol. The molecule has 0 unspecified atom stereocenters. The van der Waals surface area contributed by atoms with Crippen LogP contribution in [0.15, 0.2) is 18.3 Å². The van der Waals surface area contributed by atoms with Crippen LogP contribution in [0, 0.1) is 0 Å². The van der Waals surface area contributed by atoms with Crippen LogP contribution in [0.3, 0.4) is 0 Å². The summed E-state index contributed by atoms with van der Waals surface area (Å²) in [6.45, 7) is 1.19. The number of rotatable bonds is 6. The van der Waals surface area contributed by atoms with Gasteiger partial charge < -0.3 is 16.2 Å². The molecule has 1 aromatic heterocycles. The summed E-state index contributed by atoms with van der Waals surface area (Å²) < 4.78 is 0. The highest BCUT2D eigenvalue weighted by Gasteiger charge is 1.92. The fourth-order valence-electron chi connectivity index (χ4n) is 1.16. The Labute approximate surface area is 84.2 Å². The van der Waals surface area contributed by atoms with E-state index in [1.165, 1.54) is 0 Å². The van der Waals surface area contributed by atoms with Crippen LogP contribution < -0.4 is 11.1 Å². The summed E-state index contributed by atoms with van der Waals surface area (Å²) in [7, 11) is 0. The number of hydrogen-bond donors (Lipinski definition) is 3. The highest BCUT2D eigenvalue weighted by molar-refractivity contribution is 5.45. The van der Waals surface area contributed by atoms with Crippen LogP contribution in [-0.2, 0) is 0 Å². The van der Waals surface area contributed by atoms with Crippen molar-refractivity contribution in [1.29, 1.82) is 0 Å². The van der Waals surface area contributed by atoms with E-state index in [2.05, 4.69) is 10.3 Å². The van der Waals surface area contributed by atoms with Gasteiger partial charge >= 0.3 is 0 Å². The summed E-state index contributed by atoms with van der Waals surface area (Å²) in [6, 6.07) is 3.68. The van der Waals surface area contributed by atoms with E-state index in [9.17, 15) is 0 Å². The van der Waals surface area contributed by atoms with E-state index in [1.807, 2.05) is 6.07 Å². The van der Waals surface area contributed by atoms with Crippen molar-refractivity contribution in [3.63, 3.8) is 0 Å². The molecule has 1 rings (SSSR count). The highest BCUT2D eigenvalue weighted by Crippen LogP contribution is 2.07. The molecule has 0 saturated carbocycles. The van der Waals surface area contributed by atoms with E-state index in [4.69, 9.17) is 10.8 Å². The first-order valence-electron chi connectivity index (χ1n) is 4.89. The molecule has 0 fully saturated rings. The van der Waals surface area contributed by atoms with E-state index in [0.29, 0.717) is 5.82 Å². The second-order valence-corrected chi connectivity index (χ2v) is 3.18. The third-order valence-corrected chi connectivity index (χ3v) is 1.95. The van der Waals surface area contributed by atoms with Crippen LogP contribution in [0.5, 0.6) is 0 Å². The normalized spacial score (nSPS) is 10.1. The minimum atomic E-state index is 0.281. The lowest BCUT2D eigenvalue weighted by Gasteiger charge is -2.05. The van der Waals surface area contributed by atoms with Crippen molar-refractivity contribution in [2.24, 2.45) is 0 Å². The summed E-state index contributed by atoms with van der Waals surface area (Å²) >= 11 is 0. The molecule has 1 aromatic rings. The Morgan fingerprint density at radius 3 is 2.79 bits per heavy atom. The summed E-state index contributed by atoms with van der Waals surface area (Å²) in [4.78, 5) is 3.97. The first-order chi connectivity index (χ1) is 6.83. The number of nitrogens with one attached hydrogen (secondary N) is 1. The fraction of sp³-hybridized carbons (Fsp3) is 0.500. The molecular formula is C10H17N3O. The summed E-state index contributed by atoms with van der Waals surface area (Å²) in [6.07, 6.45) is 4.71. The number of aliphatic hydroxyl groups is 1. The van der Waals surface area contributed by atoms with Crippen LogP contribution in [0.25, 0.3) is 0 Å². The zero-order chi connectivity index (χ0) is 10.2. The topological polar surface area (TPSA) is 71.2 Å². The number of aliphatic hydroxyl groups excluding tert-OH is 1. The van der Waals surface area contributed by atoms with Gasteiger partial charge in [-0.1, -0.05) is 0 Å². The minimum absolute atomic E-state index is 0.281. The third kappa shape index (κ3) is 4.09. The largest absolute Gasteiger partial charge is 0.396 e. The van der Waals surface area contributed by atoms with Crippen molar-refractivity contribution >= 4 is 11.5 Å². The van der Waals surface area contributed by atoms with Gasteiger partial charge in [-0.15, -0.1) is 0 Å². The number of nitrogens with two attached hydrogens (primary N) is 1. The molecule has 0 spiro atoms. The van der Waals surface area contributed by atoms with Crippen molar-refractivity contribution < 1.29 is 5.11 Å². The van der Waals surface area contributed by atoms with Crippen LogP contribution in [-0.4, -0.2) is 23.2 Å². The van der Waals surface area contributed by atoms with Gasteiger partial charge in [-0.3, -0.25) is 0 Å². The average molecular weight is 195 g/mol. The second-order valence-electron chi connectivity index (χ2n) is 3.18. The number of pyridine rings is 1. The predicted molar refractivity (Wildman–Crippen MR) is 58.1 cm³/mol. The number of hydrogen-bond acceptors (Lipinski definition) is 4. The number of unbranched alkanes of at least 4 members (excludes halogenated alkanes) is 2. The summed E-state index contributed by atoms with van der Waals surface area (Å²) in [5.74, 6) is 0.538. The molecule has 0 aromatic carbocycles. The zero-order valence-electron chi connectivity index (χ0n) is 8.24. The molecule has 4 nitrogen and oxygen atoms in total. The molecule has 0 amide bonds. The highest BCUT2D eigenvalue weighted by atomic mass is 16.2. The van der Waals surface area contributed by atoms with Crippen LogP contribution >= 0.6 is 0 Å². The van der Waals surface area contributed by atoms with Crippen molar-refractivity contribution in [1.82, 2.24) is 4.98 Å². The van der Waals surface area contributed by atoms with E-state index in [1.54, 1.807) is 12.3 Å². The number of anilines is 2. The maximum absolute atomic E-state index is 8.57. The van der Waals surface area contributed by atoms with Gasteiger partial charge in [0.15, 0.2) is 0 Å². The quantitative estimate of drug-likeness (QED) is 0.597. The minimum Gasteiger partial charge on any atom is -0.396 e. The maximum atomic E-state index is 8.57. The van der Waals surface area contributed by atoms with Crippen molar-refractivity contribution in [2.45, 2.75) is 19.3 Å². The number of aromatic nitrogens is 1. The van der Waals surface area contributed by atoms with Gasteiger partial charge in [-0.05, 0) is 31.4 Å². The van der Waals surface area contributed by atoms with Crippen molar-refractivity contribution in [3.05, 3.63) is 18.3 Å². The van der Waals surface area contributed by atoms with Gasteiger partial charge in [0.05, 0.1) is 11.9 Å². The van der Waals surface area contributed by atoms with Gasteiger partial charge in [-0.25, -0.2) is 4.98 Å². The monoisotopic (exact) mass is 195 g/mol. The Kier molecular flexibility index (Phi) is 4.78. The molecule has 4 heteroatoms. The van der Waals surface area contributed by atoms with Gasteiger partial charge in [-0.2, -0.15) is 0 Å². The lowest BCUT2D eigenvalue weighted by atomic mass is 10.2. The average Bonchev–Trinajstić information content (AvgIpc) is 2.21. The number of nitrogens with zero attached hydrogens (tertiary/aromatic N) is 1. The van der Waals surface area contributed by atoms with Crippen LogP contribution in [0.4, 0.5) is 11.5 Å². The standard InChI is InChI=1S/C10H17N3O/c11-10-5-4-9(8-13-10)12-6-2-1-3-7-14/h4-5,8,12,14H,1-3,6-7H2,(H2,11,13). The van der Waals surface area contributed by atoms with Gasteiger partial charge in [0.2, 0.25) is 0 Å². The number of nitrogen functional groups attached to an aromatic ring is 1. The molecule has 0 aliphatic carbocycles. The first-order valence-corrected chi connectivity index (χ1v) is 4.89. The van der Waals surface area contributed by atoms with E-state index in [-0.39, 0.29) is 6.61 Å². The molecule has 0 aliphatic heterocycles. The first kappa shape index (κ1) is 10.8. The SMILES string of the molecule is Nc1ccc(NCCCCCO)cn1. The Morgan fingerprint density at radius 1 is 1.29 bits per heavy atom. The molecule has 78 valence electrons. The van der Waals surface area contributed by atoms with Gasteiger partial charge in [0.1, 0.15) is 5.82 Å². The van der Waals surface area contributed by atoms with Crippen LogP contribution in [0.2, 0.25) is 0 Å². The molecule has 0 radical (unpaired) electrons. The Balaban J connectivity index is 2.15. The third-order valence-electron chi connectivity index (χ3n) is 1.95. The van der Waals surface area contributed by atoms with Crippen molar-refractivity contribution in [3.8, 4) is 0 Å². The maximum Gasteiger partial charge on any atom is 0.123 e. The Bertz CT molecular complexity index is 248. The van der Waals surface area contributed by atoms with E-state index < -0.39 is 0 Å². The molecule has 0 saturated heterocycles.